The lowest BCUT2D eigenvalue weighted by Gasteiger charge is -2.38. The molecular formula is C27H30N4O. The maximum absolute atomic E-state index is 13.5. The van der Waals surface area contributed by atoms with E-state index < -0.39 is 0 Å². The molecule has 0 bridgehead atoms. The summed E-state index contributed by atoms with van der Waals surface area (Å²) in [6, 6.07) is 16.4. The molecule has 3 aromatic rings. The van der Waals surface area contributed by atoms with Crippen LogP contribution < -0.4 is 5.32 Å². The standard InChI is InChI=1S/C27H30N4O/c28-18-20-4-5-21-9-14-31(19-23(21)16-20)15-12-27(10-2-1-3-11-27)26(32)30-24-7-6-22-8-13-29-25(22)17-24/h4-8,13,16-17,29H,1-3,9-12,14-15,19H2,(H,30,32). The molecule has 0 saturated heterocycles. The Balaban J connectivity index is 1.28. The minimum Gasteiger partial charge on any atom is -0.361 e. The average Bonchev–Trinajstić information content (AvgIpc) is 3.30. The van der Waals surface area contributed by atoms with Crippen LogP contribution in [0.5, 0.6) is 0 Å². The molecule has 1 aliphatic carbocycles. The van der Waals surface area contributed by atoms with E-state index in [0.717, 1.165) is 80.3 Å². The van der Waals surface area contributed by atoms with Crippen LogP contribution >= 0.6 is 0 Å². The Labute approximate surface area is 189 Å². The van der Waals surface area contributed by atoms with Gasteiger partial charge in [-0.15, -0.1) is 0 Å². The van der Waals surface area contributed by atoms with Crippen LogP contribution in [0.3, 0.4) is 0 Å². The lowest BCUT2D eigenvalue weighted by molar-refractivity contribution is -0.128. The molecule has 1 fully saturated rings. The monoisotopic (exact) mass is 426 g/mol. The third kappa shape index (κ3) is 4.16. The molecule has 0 radical (unpaired) electrons. The minimum absolute atomic E-state index is 0.173. The van der Waals surface area contributed by atoms with Gasteiger partial charge in [0.25, 0.3) is 0 Å². The number of nitrogens with one attached hydrogen (secondary N) is 2. The molecule has 0 spiro atoms. The highest BCUT2D eigenvalue weighted by Gasteiger charge is 2.39. The Morgan fingerprint density at radius 2 is 1.97 bits per heavy atom. The molecule has 1 aliphatic heterocycles. The van der Waals surface area contributed by atoms with Crippen LogP contribution in [-0.2, 0) is 17.8 Å². The molecule has 5 heteroatoms. The van der Waals surface area contributed by atoms with Crippen molar-refractivity contribution >= 4 is 22.5 Å². The quantitative estimate of drug-likeness (QED) is 0.576. The highest BCUT2D eigenvalue weighted by Crippen LogP contribution is 2.41. The van der Waals surface area contributed by atoms with E-state index in [4.69, 9.17) is 0 Å². The predicted molar refractivity (Wildman–Crippen MR) is 127 cm³/mol. The van der Waals surface area contributed by atoms with E-state index in [-0.39, 0.29) is 11.3 Å². The van der Waals surface area contributed by atoms with Gasteiger partial charge in [0.05, 0.1) is 17.0 Å². The van der Waals surface area contributed by atoms with Gasteiger partial charge in [0.1, 0.15) is 0 Å². The Morgan fingerprint density at radius 3 is 2.81 bits per heavy atom. The fourth-order valence-electron chi connectivity index (χ4n) is 5.46. The molecule has 2 aliphatic rings. The lowest BCUT2D eigenvalue weighted by atomic mass is 9.71. The van der Waals surface area contributed by atoms with E-state index in [0.29, 0.717) is 0 Å². The molecule has 5 rings (SSSR count). The van der Waals surface area contributed by atoms with Crippen LogP contribution in [0.1, 0.15) is 55.2 Å². The van der Waals surface area contributed by atoms with E-state index in [1.165, 1.54) is 17.5 Å². The number of aromatic nitrogens is 1. The van der Waals surface area contributed by atoms with Crippen molar-refractivity contribution in [3.63, 3.8) is 0 Å². The van der Waals surface area contributed by atoms with Crippen molar-refractivity contribution in [1.29, 1.82) is 5.26 Å². The number of hydrogen-bond donors (Lipinski definition) is 2. The smallest absolute Gasteiger partial charge is 0.230 e. The number of carbonyl (C=O) groups is 1. The van der Waals surface area contributed by atoms with Gasteiger partial charge in [0, 0.05) is 30.5 Å². The van der Waals surface area contributed by atoms with Crippen LogP contribution in [0.2, 0.25) is 0 Å². The summed E-state index contributed by atoms with van der Waals surface area (Å²) in [4.78, 5) is 19.2. The van der Waals surface area contributed by atoms with Crippen molar-refractivity contribution in [2.45, 2.75) is 51.5 Å². The Hall–Kier alpha value is -3.10. The zero-order chi connectivity index (χ0) is 22.0. The van der Waals surface area contributed by atoms with Gasteiger partial charge in [0.2, 0.25) is 5.91 Å². The molecule has 1 aromatic heterocycles. The van der Waals surface area contributed by atoms with Crippen LogP contribution in [0, 0.1) is 16.7 Å². The highest BCUT2D eigenvalue weighted by molar-refractivity contribution is 5.97. The Morgan fingerprint density at radius 1 is 1.09 bits per heavy atom. The van der Waals surface area contributed by atoms with E-state index in [9.17, 15) is 10.1 Å². The van der Waals surface area contributed by atoms with Crippen LogP contribution in [0.15, 0.2) is 48.7 Å². The number of nitriles is 1. The van der Waals surface area contributed by atoms with E-state index in [1.807, 2.05) is 36.5 Å². The summed E-state index contributed by atoms with van der Waals surface area (Å²) in [7, 11) is 0. The largest absolute Gasteiger partial charge is 0.361 e. The van der Waals surface area contributed by atoms with Gasteiger partial charge in [0.15, 0.2) is 0 Å². The molecule has 5 nitrogen and oxygen atoms in total. The summed E-state index contributed by atoms with van der Waals surface area (Å²) >= 11 is 0. The van der Waals surface area contributed by atoms with Gasteiger partial charge >= 0.3 is 0 Å². The number of aromatic amines is 1. The number of hydrogen-bond acceptors (Lipinski definition) is 3. The number of anilines is 1. The minimum atomic E-state index is -0.294. The first-order valence-electron chi connectivity index (χ1n) is 11.8. The second-order valence-electron chi connectivity index (χ2n) is 9.45. The maximum Gasteiger partial charge on any atom is 0.230 e. The second-order valence-corrected chi connectivity index (χ2v) is 9.45. The molecule has 0 atom stereocenters. The third-order valence-electron chi connectivity index (χ3n) is 7.44. The molecule has 1 amide bonds. The number of benzene rings is 2. The zero-order valence-corrected chi connectivity index (χ0v) is 18.5. The molecule has 2 N–H and O–H groups in total. The second kappa shape index (κ2) is 8.80. The summed E-state index contributed by atoms with van der Waals surface area (Å²) in [5, 5.41) is 13.6. The van der Waals surface area contributed by atoms with E-state index >= 15 is 0 Å². The summed E-state index contributed by atoms with van der Waals surface area (Å²) in [6.45, 7) is 2.80. The molecule has 2 aromatic carbocycles. The van der Waals surface area contributed by atoms with Crippen molar-refractivity contribution < 1.29 is 4.79 Å². The molecule has 1 saturated carbocycles. The van der Waals surface area contributed by atoms with E-state index in [2.05, 4.69) is 33.4 Å². The number of nitrogens with zero attached hydrogens (tertiary/aromatic N) is 2. The molecule has 2 heterocycles. The lowest BCUT2D eigenvalue weighted by Crippen LogP contribution is -2.42. The average molecular weight is 427 g/mol. The summed E-state index contributed by atoms with van der Waals surface area (Å²) < 4.78 is 0. The first kappa shape index (κ1) is 20.8. The molecular weight excluding hydrogens is 396 g/mol. The Kier molecular flexibility index (Phi) is 5.71. The van der Waals surface area contributed by atoms with Crippen molar-refractivity contribution in [2.75, 3.05) is 18.4 Å². The number of amides is 1. The molecule has 164 valence electrons. The Bertz CT molecular complexity index is 1170. The summed E-state index contributed by atoms with van der Waals surface area (Å²) in [5.41, 5.74) is 4.96. The number of carbonyl (C=O) groups excluding carboxylic acids is 1. The normalized spacial score (nSPS) is 18.1. The fourth-order valence-corrected chi connectivity index (χ4v) is 5.46. The van der Waals surface area contributed by atoms with Gasteiger partial charge in [-0.05, 0) is 79.1 Å². The molecule has 32 heavy (non-hydrogen) atoms. The highest BCUT2D eigenvalue weighted by atomic mass is 16.2. The van der Waals surface area contributed by atoms with Gasteiger partial charge in [-0.3, -0.25) is 9.69 Å². The van der Waals surface area contributed by atoms with Gasteiger partial charge < -0.3 is 10.3 Å². The van der Waals surface area contributed by atoms with Crippen LogP contribution in [0.4, 0.5) is 5.69 Å². The van der Waals surface area contributed by atoms with Crippen molar-refractivity contribution in [2.24, 2.45) is 5.41 Å². The number of H-pyrrole nitrogens is 1. The van der Waals surface area contributed by atoms with Gasteiger partial charge in [-0.2, -0.15) is 5.26 Å². The van der Waals surface area contributed by atoms with Crippen molar-refractivity contribution in [3.05, 3.63) is 65.4 Å². The topological polar surface area (TPSA) is 71.9 Å². The van der Waals surface area contributed by atoms with Crippen molar-refractivity contribution in [1.82, 2.24) is 9.88 Å². The summed E-state index contributed by atoms with van der Waals surface area (Å²) in [6.07, 6.45) is 9.22. The maximum atomic E-state index is 13.5. The third-order valence-corrected chi connectivity index (χ3v) is 7.44. The van der Waals surface area contributed by atoms with Crippen LogP contribution in [-0.4, -0.2) is 28.9 Å². The summed E-state index contributed by atoms with van der Waals surface area (Å²) in [5.74, 6) is 0.173. The zero-order valence-electron chi connectivity index (χ0n) is 18.5. The van der Waals surface area contributed by atoms with Crippen LogP contribution in [0.25, 0.3) is 10.9 Å². The van der Waals surface area contributed by atoms with Gasteiger partial charge in [-0.25, -0.2) is 0 Å². The predicted octanol–water partition coefficient (Wildman–Crippen LogP) is 5.38. The number of rotatable bonds is 5. The molecule has 0 unspecified atom stereocenters. The van der Waals surface area contributed by atoms with Gasteiger partial charge in [-0.1, -0.05) is 31.4 Å². The number of fused-ring (bicyclic) bond motifs is 2. The van der Waals surface area contributed by atoms with E-state index in [1.54, 1.807) is 0 Å². The first-order chi connectivity index (χ1) is 15.6. The SMILES string of the molecule is N#Cc1ccc2c(c1)CN(CCC1(C(=O)Nc3ccc4cc[nH]c4c3)CCCCC1)CC2. The fraction of sp³-hybridized carbons (Fsp3) is 0.407. The van der Waals surface area contributed by atoms with Crippen molar-refractivity contribution in [3.8, 4) is 6.07 Å². The first-order valence-corrected chi connectivity index (χ1v) is 11.8.